The van der Waals surface area contributed by atoms with Crippen molar-refractivity contribution in [2.75, 3.05) is 18.5 Å². The Morgan fingerprint density at radius 1 is 1.03 bits per heavy atom. The van der Waals surface area contributed by atoms with Crippen molar-refractivity contribution in [3.63, 3.8) is 0 Å². The molecule has 1 saturated heterocycles. The maximum atomic E-state index is 15.0. The zero-order valence-electron chi connectivity index (χ0n) is 20.0. The summed E-state index contributed by atoms with van der Waals surface area (Å²) in [5.74, 6) is 0.0407. The highest BCUT2D eigenvalue weighted by atomic mass is 19.1. The molecule has 2 fully saturated rings. The zero-order valence-corrected chi connectivity index (χ0v) is 20.0. The van der Waals surface area contributed by atoms with Gasteiger partial charge in [0.05, 0.1) is 48.1 Å². The Kier molecular flexibility index (Phi) is 5.89. The van der Waals surface area contributed by atoms with Gasteiger partial charge in [0.25, 0.3) is 0 Å². The first-order valence-electron chi connectivity index (χ1n) is 12.3. The highest BCUT2D eigenvalue weighted by molar-refractivity contribution is 5.66. The smallest absolute Gasteiger partial charge is 0.229 e. The van der Waals surface area contributed by atoms with Gasteiger partial charge in [-0.2, -0.15) is 9.61 Å². The van der Waals surface area contributed by atoms with E-state index < -0.39 is 11.6 Å². The van der Waals surface area contributed by atoms with Gasteiger partial charge >= 0.3 is 0 Å². The molecule has 0 bridgehead atoms. The van der Waals surface area contributed by atoms with Crippen LogP contribution in [0.15, 0.2) is 48.9 Å². The molecular weight excluding hydrogens is 462 g/mol. The predicted molar refractivity (Wildman–Crippen MR) is 133 cm³/mol. The number of anilines is 2. The van der Waals surface area contributed by atoms with E-state index in [9.17, 15) is 0 Å². The molecule has 0 radical (unpaired) electrons. The molecule has 7 nitrogen and oxygen atoms in total. The molecule has 0 unspecified atom stereocenters. The molecular formula is C27H28F2N6O. The average Bonchev–Trinajstić information content (AvgIpc) is 3.19. The lowest BCUT2D eigenvalue weighted by molar-refractivity contribution is 0.00822. The molecule has 1 aromatic carbocycles. The fourth-order valence-corrected chi connectivity index (χ4v) is 5.50. The number of nitrogens with one attached hydrogen (secondary N) is 1. The standard InChI is InChI=1S/C27H28F2N6O/c1-15-6-17(8-19(30)7-15)21-4-5-31-12-25(21)33-27-32-11-20-2-3-24(34-35(20)27)26-22(28)9-16(10-23(26)29)18-13-36-14-18/h2-5,9-12,15,17-19H,6-8,13-14,30H2,1H3,(H,32,33)/t15-,17+,19-/m0/s1. The Bertz CT molecular complexity index is 1390. The van der Waals surface area contributed by atoms with E-state index in [4.69, 9.17) is 10.5 Å². The molecule has 3 atom stereocenters. The number of aromatic nitrogens is 4. The Labute approximate surface area is 207 Å². The topological polar surface area (TPSA) is 90.4 Å². The van der Waals surface area contributed by atoms with Crippen LogP contribution in [0.3, 0.4) is 0 Å². The van der Waals surface area contributed by atoms with Crippen molar-refractivity contribution in [3.05, 3.63) is 71.7 Å². The minimum atomic E-state index is -0.643. The molecule has 0 spiro atoms. The van der Waals surface area contributed by atoms with Crippen molar-refractivity contribution in [3.8, 4) is 11.3 Å². The first-order valence-corrected chi connectivity index (χ1v) is 12.3. The van der Waals surface area contributed by atoms with Crippen LogP contribution in [0.25, 0.3) is 16.8 Å². The number of rotatable bonds is 5. The summed E-state index contributed by atoms with van der Waals surface area (Å²) in [5.41, 5.74) is 9.61. The van der Waals surface area contributed by atoms with Crippen LogP contribution in [0.2, 0.25) is 0 Å². The fourth-order valence-electron chi connectivity index (χ4n) is 5.50. The van der Waals surface area contributed by atoms with Gasteiger partial charge in [-0.1, -0.05) is 6.92 Å². The lowest BCUT2D eigenvalue weighted by Crippen LogP contribution is -2.31. The molecule has 36 heavy (non-hydrogen) atoms. The molecule has 1 aliphatic carbocycles. The molecule has 4 aromatic rings. The van der Waals surface area contributed by atoms with Gasteiger partial charge in [-0.25, -0.2) is 13.8 Å². The minimum Gasteiger partial charge on any atom is -0.380 e. The number of hydrogen-bond donors (Lipinski definition) is 2. The number of nitrogens with two attached hydrogens (primary N) is 1. The van der Waals surface area contributed by atoms with E-state index in [-0.39, 0.29) is 23.2 Å². The molecule has 1 aliphatic heterocycles. The molecule has 186 valence electrons. The number of halogens is 2. The monoisotopic (exact) mass is 490 g/mol. The molecule has 3 aromatic heterocycles. The molecule has 3 N–H and O–H groups in total. The molecule has 4 heterocycles. The van der Waals surface area contributed by atoms with Gasteiger partial charge in [0.15, 0.2) is 0 Å². The van der Waals surface area contributed by atoms with Gasteiger partial charge < -0.3 is 15.8 Å². The van der Waals surface area contributed by atoms with Gasteiger partial charge in [0.1, 0.15) is 11.6 Å². The number of hydrogen-bond acceptors (Lipinski definition) is 6. The number of nitrogens with zero attached hydrogens (tertiary/aromatic N) is 4. The Morgan fingerprint density at radius 3 is 2.56 bits per heavy atom. The SMILES string of the molecule is C[C@@H]1C[C@H](N)C[C@H](c2ccncc2Nc2ncc3ccc(-c4c(F)cc(C5COC5)cc4F)nn23)C1. The van der Waals surface area contributed by atoms with E-state index in [0.29, 0.717) is 42.1 Å². The summed E-state index contributed by atoms with van der Waals surface area (Å²) in [5, 5.41) is 7.90. The average molecular weight is 491 g/mol. The first-order chi connectivity index (χ1) is 17.5. The Balaban J connectivity index is 1.34. The van der Waals surface area contributed by atoms with Crippen LogP contribution in [-0.2, 0) is 4.74 Å². The minimum absolute atomic E-state index is 0.0262. The second-order valence-electron chi connectivity index (χ2n) is 10.1. The van der Waals surface area contributed by atoms with Crippen molar-refractivity contribution >= 4 is 17.2 Å². The molecule has 1 saturated carbocycles. The van der Waals surface area contributed by atoms with Gasteiger partial charge in [0, 0.05) is 18.2 Å². The van der Waals surface area contributed by atoms with Crippen molar-refractivity contribution in [1.29, 1.82) is 0 Å². The Hall–Kier alpha value is -3.43. The highest BCUT2D eigenvalue weighted by Crippen LogP contribution is 2.39. The second-order valence-corrected chi connectivity index (χ2v) is 10.1. The third-order valence-corrected chi connectivity index (χ3v) is 7.33. The highest BCUT2D eigenvalue weighted by Gasteiger charge is 2.28. The predicted octanol–water partition coefficient (Wildman–Crippen LogP) is 5.16. The number of fused-ring (bicyclic) bond motifs is 1. The lowest BCUT2D eigenvalue weighted by Gasteiger charge is -2.32. The summed E-state index contributed by atoms with van der Waals surface area (Å²) < 4.78 is 36.8. The molecule has 0 amide bonds. The summed E-state index contributed by atoms with van der Waals surface area (Å²) in [4.78, 5) is 8.78. The van der Waals surface area contributed by atoms with Crippen molar-refractivity contribution < 1.29 is 13.5 Å². The largest absolute Gasteiger partial charge is 0.380 e. The number of imidazole rings is 1. The second kappa shape index (κ2) is 9.22. The normalized spacial score (nSPS) is 22.5. The van der Waals surface area contributed by atoms with Crippen LogP contribution >= 0.6 is 0 Å². The van der Waals surface area contributed by atoms with E-state index in [0.717, 1.165) is 30.5 Å². The van der Waals surface area contributed by atoms with Crippen molar-refractivity contribution in [2.24, 2.45) is 11.7 Å². The number of pyridine rings is 1. The van der Waals surface area contributed by atoms with Gasteiger partial charge in [0.2, 0.25) is 5.95 Å². The summed E-state index contributed by atoms with van der Waals surface area (Å²) >= 11 is 0. The zero-order chi connectivity index (χ0) is 24.8. The van der Waals surface area contributed by atoms with Gasteiger partial charge in [-0.15, -0.1) is 0 Å². The van der Waals surface area contributed by atoms with Crippen LogP contribution < -0.4 is 11.1 Å². The van der Waals surface area contributed by atoms with Crippen molar-refractivity contribution in [1.82, 2.24) is 19.6 Å². The first kappa shape index (κ1) is 23.0. The quantitative estimate of drug-likeness (QED) is 0.402. The lowest BCUT2D eigenvalue weighted by atomic mass is 9.76. The third kappa shape index (κ3) is 4.22. The maximum absolute atomic E-state index is 15.0. The fraction of sp³-hybridized carbons (Fsp3) is 0.370. The van der Waals surface area contributed by atoms with Crippen LogP contribution in [0.4, 0.5) is 20.4 Å². The van der Waals surface area contributed by atoms with E-state index in [2.05, 4.69) is 27.3 Å². The maximum Gasteiger partial charge on any atom is 0.229 e. The summed E-state index contributed by atoms with van der Waals surface area (Å²) in [6.45, 7) is 3.20. The number of ether oxygens (including phenoxy) is 1. The van der Waals surface area contributed by atoms with Crippen LogP contribution in [0.1, 0.15) is 49.1 Å². The Morgan fingerprint density at radius 2 is 1.83 bits per heavy atom. The van der Waals surface area contributed by atoms with E-state index >= 15 is 8.78 Å². The van der Waals surface area contributed by atoms with E-state index in [1.165, 1.54) is 12.1 Å². The third-order valence-electron chi connectivity index (χ3n) is 7.33. The van der Waals surface area contributed by atoms with Crippen LogP contribution in [0.5, 0.6) is 0 Å². The van der Waals surface area contributed by atoms with Gasteiger partial charge in [-0.3, -0.25) is 4.98 Å². The molecule has 2 aliphatic rings. The summed E-state index contributed by atoms with van der Waals surface area (Å²) in [6.07, 6.45) is 8.22. The van der Waals surface area contributed by atoms with Crippen LogP contribution in [0, 0.1) is 17.6 Å². The number of benzene rings is 1. The van der Waals surface area contributed by atoms with Crippen molar-refractivity contribution in [2.45, 2.75) is 44.1 Å². The van der Waals surface area contributed by atoms with Crippen LogP contribution in [-0.4, -0.2) is 38.8 Å². The van der Waals surface area contributed by atoms with E-state index in [1.54, 1.807) is 35.2 Å². The summed E-state index contributed by atoms with van der Waals surface area (Å²) in [7, 11) is 0. The molecule has 6 rings (SSSR count). The summed E-state index contributed by atoms with van der Waals surface area (Å²) in [6, 6.07) is 8.30. The van der Waals surface area contributed by atoms with Gasteiger partial charge in [-0.05, 0) is 72.6 Å². The molecule has 9 heteroatoms. The van der Waals surface area contributed by atoms with E-state index in [1.807, 2.05) is 6.07 Å².